The van der Waals surface area contributed by atoms with Gasteiger partial charge in [0, 0.05) is 23.7 Å². The summed E-state index contributed by atoms with van der Waals surface area (Å²) < 4.78 is 1.30. The summed E-state index contributed by atoms with van der Waals surface area (Å²) in [5.74, 6) is -0.265. The number of carbonyl (C=O) groups is 1. The van der Waals surface area contributed by atoms with Gasteiger partial charge in [0.15, 0.2) is 5.69 Å². The highest BCUT2D eigenvalue weighted by atomic mass is 35.5. The first-order valence-electron chi connectivity index (χ1n) is 8.96. The van der Waals surface area contributed by atoms with E-state index in [1.165, 1.54) is 15.5 Å². The molecule has 0 aliphatic rings. The molecule has 0 aliphatic carbocycles. The second-order valence-electron chi connectivity index (χ2n) is 6.82. The van der Waals surface area contributed by atoms with Crippen LogP contribution in [0, 0.1) is 5.92 Å². The number of benzene rings is 1. The highest BCUT2D eigenvalue weighted by molar-refractivity contribution is 6.31. The average molecular weight is 393 g/mol. The van der Waals surface area contributed by atoms with Crippen molar-refractivity contribution in [2.75, 3.05) is 17.2 Å². The van der Waals surface area contributed by atoms with Gasteiger partial charge in [-0.25, -0.2) is 4.79 Å². The van der Waals surface area contributed by atoms with Crippen molar-refractivity contribution < 1.29 is 4.79 Å². The van der Waals surface area contributed by atoms with Gasteiger partial charge in [0.05, 0.1) is 0 Å². The summed E-state index contributed by atoms with van der Waals surface area (Å²) in [5, 5.41) is 0.419. The molecule has 3 N–H and O–H groups in total. The third-order valence-electron chi connectivity index (χ3n) is 4.08. The van der Waals surface area contributed by atoms with Crippen molar-refractivity contribution in [1.82, 2.24) is 9.55 Å². The number of nitrogens with two attached hydrogens (primary N) is 1. The second kappa shape index (κ2) is 8.90. The molecule has 0 saturated heterocycles. The van der Waals surface area contributed by atoms with Gasteiger partial charge in [0.2, 0.25) is 0 Å². The minimum absolute atomic E-state index is 0.00586. The van der Waals surface area contributed by atoms with Crippen molar-refractivity contribution in [3.05, 3.63) is 55.7 Å². The van der Waals surface area contributed by atoms with Gasteiger partial charge in [0.1, 0.15) is 5.82 Å². The molecule has 0 aliphatic heterocycles. The standard InChI is InChI=1S/C19H25ClN4O3/c1-4-5-9-23(18(26)13-7-6-8-14(20)10-13)15-16(21)24(11-12(2)3)19(27)22-17(15)25/h6-8,10,12H,4-5,9,11,21H2,1-3H3,(H,22,25,27). The maximum atomic E-state index is 13.1. The van der Waals surface area contributed by atoms with Crippen molar-refractivity contribution >= 4 is 29.0 Å². The molecule has 0 saturated carbocycles. The minimum atomic E-state index is -0.677. The Morgan fingerprint density at radius 3 is 2.63 bits per heavy atom. The van der Waals surface area contributed by atoms with Gasteiger partial charge in [-0.15, -0.1) is 0 Å². The number of nitrogens with one attached hydrogen (secondary N) is 1. The molecule has 1 amide bonds. The fourth-order valence-corrected chi connectivity index (χ4v) is 2.98. The Bertz CT molecular complexity index is 933. The molecule has 146 valence electrons. The van der Waals surface area contributed by atoms with Crippen LogP contribution in [-0.4, -0.2) is 22.0 Å². The minimum Gasteiger partial charge on any atom is -0.383 e. The molecule has 27 heavy (non-hydrogen) atoms. The zero-order valence-corrected chi connectivity index (χ0v) is 16.5. The van der Waals surface area contributed by atoms with Gasteiger partial charge in [-0.1, -0.05) is 44.9 Å². The number of H-pyrrole nitrogens is 1. The van der Waals surface area contributed by atoms with Gasteiger partial charge in [0.25, 0.3) is 11.5 Å². The number of nitrogen functional groups attached to an aromatic ring is 1. The number of amides is 1. The fraction of sp³-hybridized carbons (Fsp3) is 0.421. The number of halogens is 1. The molecular formula is C19H25ClN4O3. The van der Waals surface area contributed by atoms with Crippen LogP contribution >= 0.6 is 11.6 Å². The fourth-order valence-electron chi connectivity index (χ4n) is 2.79. The van der Waals surface area contributed by atoms with Crippen LogP contribution in [0.5, 0.6) is 0 Å². The van der Waals surface area contributed by atoms with E-state index in [9.17, 15) is 14.4 Å². The lowest BCUT2D eigenvalue weighted by Crippen LogP contribution is -2.42. The van der Waals surface area contributed by atoms with E-state index in [2.05, 4.69) is 4.98 Å². The number of hydrogen-bond donors (Lipinski definition) is 2. The van der Waals surface area contributed by atoms with E-state index in [1.807, 2.05) is 20.8 Å². The molecule has 2 aromatic rings. The predicted octanol–water partition coefficient (Wildman–Crippen LogP) is 2.88. The van der Waals surface area contributed by atoms with E-state index in [1.54, 1.807) is 18.2 Å². The van der Waals surface area contributed by atoms with Crippen LogP contribution < -0.4 is 21.9 Å². The Morgan fingerprint density at radius 2 is 2.04 bits per heavy atom. The molecule has 0 atom stereocenters. The molecule has 1 aromatic heterocycles. The van der Waals surface area contributed by atoms with E-state index in [-0.39, 0.29) is 17.4 Å². The van der Waals surface area contributed by atoms with Crippen molar-refractivity contribution in [3.8, 4) is 0 Å². The van der Waals surface area contributed by atoms with E-state index in [0.717, 1.165) is 6.42 Å². The molecular weight excluding hydrogens is 368 g/mol. The summed E-state index contributed by atoms with van der Waals surface area (Å²) in [4.78, 5) is 41.4. The summed E-state index contributed by atoms with van der Waals surface area (Å²) in [7, 11) is 0. The maximum Gasteiger partial charge on any atom is 0.330 e. The van der Waals surface area contributed by atoms with Crippen LogP contribution in [-0.2, 0) is 6.54 Å². The molecule has 0 bridgehead atoms. The summed E-state index contributed by atoms with van der Waals surface area (Å²) >= 11 is 6.00. The third kappa shape index (κ3) is 4.80. The zero-order chi connectivity index (χ0) is 20.1. The highest BCUT2D eigenvalue weighted by Gasteiger charge is 2.25. The van der Waals surface area contributed by atoms with Crippen LogP contribution in [0.4, 0.5) is 11.5 Å². The largest absolute Gasteiger partial charge is 0.383 e. The van der Waals surface area contributed by atoms with Crippen molar-refractivity contribution in [2.45, 2.75) is 40.2 Å². The van der Waals surface area contributed by atoms with Crippen molar-refractivity contribution in [2.24, 2.45) is 5.92 Å². The summed E-state index contributed by atoms with van der Waals surface area (Å²) in [6, 6.07) is 6.50. The summed E-state index contributed by atoms with van der Waals surface area (Å²) in [6.45, 7) is 6.48. The molecule has 2 rings (SSSR count). The van der Waals surface area contributed by atoms with Gasteiger partial charge in [-0.05, 0) is 30.5 Å². The number of anilines is 2. The van der Waals surface area contributed by atoms with Crippen LogP contribution in [0.25, 0.3) is 0 Å². The quantitative estimate of drug-likeness (QED) is 0.756. The normalized spacial score (nSPS) is 11.0. The number of hydrogen-bond acceptors (Lipinski definition) is 4. The van der Waals surface area contributed by atoms with E-state index < -0.39 is 17.2 Å². The number of unbranched alkanes of at least 4 members (excludes halogenated alkanes) is 1. The molecule has 1 aromatic carbocycles. The lowest BCUT2D eigenvalue weighted by molar-refractivity contribution is 0.0986. The number of carbonyl (C=O) groups excluding carboxylic acids is 1. The molecule has 1 heterocycles. The number of aromatic amines is 1. The lowest BCUT2D eigenvalue weighted by atomic mass is 10.1. The number of nitrogens with zero attached hydrogens (tertiary/aromatic N) is 2. The lowest BCUT2D eigenvalue weighted by Gasteiger charge is -2.25. The van der Waals surface area contributed by atoms with E-state index >= 15 is 0 Å². The number of rotatable bonds is 7. The Morgan fingerprint density at radius 1 is 1.33 bits per heavy atom. The third-order valence-corrected chi connectivity index (χ3v) is 4.32. The maximum absolute atomic E-state index is 13.1. The second-order valence-corrected chi connectivity index (χ2v) is 7.25. The first kappa shape index (κ1) is 20.8. The topological polar surface area (TPSA) is 101 Å². The van der Waals surface area contributed by atoms with Gasteiger partial charge in [-0.3, -0.25) is 19.1 Å². The molecule has 0 spiro atoms. The average Bonchev–Trinajstić information content (AvgIpc) is 2.60. The molecule has 0 radical (unpaired) electrons. The van der Waals surface area contributed by atoms with Crippen LogP contribution in [0.1, 0.15) is 44.0 Å². The van der Waals surface area contributed by atoms with Crippen LogP contribution in [0.2, 0.25) is 5.02 Å². The van der Waals surface area contributed by atoms with E-state index in [4.69, 9.17) is 17.3 Å². The number of aromatic nitrogens is 2. The van der Waals surface area contributed by atoms with Gasteiger partial charge < -0.3 is 10.6 Å². The summed E-state index contributed by atoms with van der Waals surface area (Å²) in [5.41, 5.74) is 5.26. The van der Waals surface area contributed by atoms with Crippen LogP contribution in [0.3, 0.4) is 0 Å². The van der Waals surface area contributed by atoms with Crippen LogP contribution in [0.15, 0.2) is 33.9 Å². The first-order chi connectivity index (χ1) is 12.8. The Hall–Kier alpha value is -2.54. The molecule has 7 nitrogen and oxygen atoms in total. The van der Waals surface area contributed by atoms with E-state index in [0.29, 0.717) is 30.1 Å². The highest BCUT2D eigenvalue weighted by Crippen LogP contribution is 2.22. The Kier molecular flexibility index (Phi) is 6.85. The zero-order valence-electron chi connectivity index (χ0n) is 15.8. The van der Waals surface area contributed by atoms with Crippen molar-refractivity contribution in [3.63, 3.8) is 0 Å². The Labute approximate surface area is 162 Å². The SMILES string of the molecule is CCCCN(C(=O)c1cccc(Cl)c1)c1c(N)n(CC(C)C)c(=O)[nH]c1=O. The molecule has 8 heteroatoms. The predicted molar refractivity (Wildman–Crippen MR) is 109 cm³/mol. The van der Waals surface area contributed by atoms with Crippen molar-refractivity contribution in [1.29, 1.82) is 0 Å². The smallest absolute Gasteiger partial charge is 0.330 e. The monoisotopic (exact) mass is 392 g/mol. The first-order valence-corrected chi connectivity index (χ1v) is 9.34. The molecule has 0 fully saturated rings. The van der Waals surface area contributed by atoms with Gasteiger partial charge >= 0.3 is 5.69 Å². The molecule has 0 unspecified atom stereocenters. The summed E-state index contributed by atoms with van der Waals surface area (Å²) in [6.07, 6.45) is 1.50. The van der Waals surface area contributed by atoms with Gasteiger partial charge in [-0.2, -0.15) is 0 Å². The Balaban J connectivity index is 2.61.